The minimum absolute atomic E-state index is 0. The number of rotatable bonds is 3. The lowest BCUT2D eigenvalue weighted by Crippen LogP contribution is -2.50. The number of para-hydroxylation sites is 1. The normalized spacial score (nSPS) is 17.1. The molecule has 0 atom stereocenters. The lowest BCUT2D eigenvalue weighted by atomic mass is 10.1. The molecule has 2 aromatic carbocycles. The fourth-order valence-corrected chi connectivity index (χ4v) is 5.32. The first kappa shape index (κ1) is 20.6. The third-order valence-corrected chi connectivity index (χ3v) is 7.32. The molecule has 1 aliphatic heterocycles. The number of aryl methyl sites for hydroxylation is 2. The highest BCUT2D eigenvalue weighted by atomic mass is 35.5. The number of anilines is 1. The average Bonchev–Trinajstić information content (AvgIpc) is 3.16. The molecule has 1 heterocycles. The Morgan fingerprint density at radius 2 is 1.61 bits per heavy atom. The van der Waals surface area contributed by atoms with Gasteiger partial charge in [-0.2, -0.15) is 4.31 Å². The molecule has 0 aromatic heterocycles. The molecule has 2 aliphatic rings. The zero-order valence-corrected chi connectivity index (χ0v) is 17.1. The zero-order chi connectivity index (χ0) is 19.0. The lowest BCUT2D eigenvalue weighted by Gasteiger charge is -2.34. The molecule has 2 aromatic rings. The maximum absolute atomic E-state index is 13.0. The number of hydrogen-bond acceptors (Lipinski definition) is 4. The molecule has 1 fully saturated rings. The molecule has 150 valence electrons. The summed E-state index contributed by atoms with van der Waals surface area (Å²) in [5, 5.41) is 0. The number of halogens is 1. The third-order valence-electron chi connectivity index (χ3n) is 5.42. The van der Waals surface area contributed by atoms with E-state index in [-0.39, 0.29) is 31.4 Å². The number of nitrogens with two attached hydrogens (primary N) is 1. The largest absolute Gasteiger partial charge is 0.398 e. The van der Waals surface area contributed by atoms with E-state index in [1.807, 2.05) is 12.1 Å². The van der Waals surface area contributed by atoms with Crippen LogP contribution in [-0.4, -0.2) is 49.7 Å². The fraction of sp³-hybridized carbons (Fsp3) is 0.350. The molecule has 4 rings (SSSR count). The predicted octanol–water partition coefficient (Wildman–Crippen LogP) is 2.33. The van der Waals surface area contributed by atoms with Crippen LogP contribution in [-0.2, 0) is 22.9 Å². The maximum Gasteiger partial charge on any atom is 0.256 e. The molecule has 0 saturated carbocycles. The van der Waals surface area contributed by atoms with E-state index in [0.29, 0.717) is 29.2 Å². The van der Waals surface area contributed by atoms with Crippen LogP contribution in [0, 0.1) is 0 Å². The number of piperazine rings is 1. The Balaban J connectivity index is 0.00000225. The summed E-state index contributed by atoms with van der Waals surface area (Å²) in [6.07, 6.45) is 3.06. The van der Waals surface area contributed by atoms with Crippen LogP contribution in [0.15, 0.2) is 47.4 Å². The molecular weight excluding hydrogens is 398 g/mol. The van der Waals surface area contributed by atoms with Gasteiger partial charge in [0.2, 0.25) is 10.0 Å². The van der Waals surface area contributed by atoms with Crippen molar-refractivity contribution in [2.24, 2.45) is 0 Å². The lowest BCUT2D eigenvalue weighted by molar-refractivity contribution is 0.0699. The van der Waals surface area contributed by atoms with Crippen molar-refractivity contribution in [2.75, 3.05) is 31.9 Å². The van der Waals surface area contributed by atoms with Gasteiger partial charge in [-0.3, -0.25) is 4.79 Å². The van der Waals surface area contributed by atoms with E-state index in [1.54, 1.807) is 35.2 Å². The number of fused-ring (bicyclic) bond motifs is 1. The third kappa shape index (κ3) is 3.74. The minimum atomic E-state index is -3.53. The molecule has 1 saturated heterocycles. The summed E-state index contributed by atoms with van der Waals surface area (Å²) in [7, 11) is -3.53. The number of benzene rings is 2. The Bertz CT molecular complexity index is 986. The molecule has 1 aliphatic carbocycles. The van der Waals surface area contributed by atoms with Crippen LogP contribution in [0.4, 0.5) is 5.69 Å². The smallest absolute Gasteiger partial charge is 0.256 e. The number of carbonyl (C=O) groups excluding carboxylic acids is 1. The topological polar surface area (TPSA) is 83.7 Å². The van der Waals surface area contributed by atoms with Gasteiger partial charge in [-0.05, 0) is 54.7 Å². The number of hydrogen-bond donors (Lipinski definition) is 1. The molecule has 0 unspecified atom stereocenters. The van der Waals surface area contributed by atoms with Crippen molar-refractivity contribution < 1.29 is 13.2 Å². The van der Waals surface area contributed by atoms with E-state index in [9.17, 15) is 13.2 Å². The van der Waals surface area contributed by atoms with Gasteiger partial charge in [0.05, 0.1) is 10.5 Å². The van der Waals surface area contributed by atoms with Crippen molar-refractivity contribution in [3.05, 3.63) is 59.2 Å². The average molecular weight is 422 g/mol. The molecule has 2 N–H and O–H groups in total. The molecule has 0 spiro atoms. The quantitative estimate of drug-likeness (QED) is 0.771. The standard InChI is InChI=1S/C20H23N3O3S.ClH/c21-19-7-2-1-6-18(19)20(24)22-10-12-23(13-11-22)27(25,26)17-9-8-15-4-3-5-16(15)14-17;/h1-2,6-9,14H,3-5,10-13,21H2;1H. The Hall–Kier alpha value is -2.09. The van der Waals surface area contributed by atoms with Gasteiger partial charge in [-0.15, -0.1) is 12.4 Å². The van der Waals surface area contributed by atoms with Crippen LogP contribution >= 0.6 is 12.4 Å². The molecule has 0 bridgehead atoms. The van der Waals surface area contributed by atoms with Crippen LogP contribution in [0.1, 0.15) is 27.9 Å². The van der Waals surface area contributed by atoms with Gasteiger partial charge in [0.1, 0.15) is 0 Å². The zero-order valence-electron chi connectivity index (χ0n) is 15.5. The van der Waals surface area contributed by atoms with E-state index in [0.717, 1.165) is 24.8 Å². The van der Waals surface area contributed by atoms with Crippen LogP contribution in [0.5, 0.6) is 0 Å². The second-order valence-electron chi connectivity index (χ2n) is 7.07. The van der Waals surface area contributed by atoms with Crippen LogP contribution in [0.3, 0.4) is 0 Å². The van der Waals surface area contributed by atoms with Crippen molar-refractivity contribution in [1.82, 2.24) is 9.21 Å². The van der Waals surface area contributed by atoms with Gasteiger partial charge in [-0.1, -0.05) is 18.2 Å². The fourth-order valence-electron chi connectivity index (χ4n) is 3.85. The van der Waals surface area contributed by atoms with Crippen LogP contribution < -0.4 is 5.73 Å². The summed E-state index contributed by atoms with van der Waals surface area (Å²) >= 11 is 0. The predicted molar refractivity (Wildman–Crippen MR) is 111 cm³/mol. The molecule has 8 heteroatoms. The first-order valence-electron chi connectivity index (χ1n) is 9.22. The molecule has 0 radical (unpaired) electrons. The Morgan fingerprint density at radius 1 is 0.929 bits per heavy atom. The van der Waals surface area contributed by atoms with Crippen molar-refractivity contribution in [2.45, 2.75) is 24.2 Å². The van der Waals surface area contributed by atoms with Gasteiger partial charge in [0.25, 0.3) is 5.91 Å². The van der Waals surface area contributed by atoms with E-state index in [4.69, 9.17) is 5.73 Å². The second kappa shape index (κ2) is 8.11. The summed E-state index contributed by atoms with van der Waals surface area (Å²) in [5.41, 5.74) is 9.19. The number of nitrogens with zero attached hydrogens (tertiary/aromatic N) is 2. The molecule has 28 heavy (non-hydrogen) atoms. The van der Waals surface area contributed by atoms with Gasteiger partial charge < -0.3 is 10.6 Å². The highest BCUT2D eigenvalue weighted by Crippen LogP contribution is 2.27. The first-order chi connectivity index (χ1) is 13.0. The van der Waals surface area contributed by atoms with Gasteiger partial charge in [0, 0.05) is 31.9 Å². The van der Waals surface area contributed by atoms with E-state index in [2.05, 4.69) is 0 Å². The minimum Gasteiger partial charge on any atom is -0.398 e. The van der Waals surface area contributed by atoms with Crippen LogP contribution in [0.25, 0.3) is 0 Å². The highest BCUT2D eigenvalue weighted by Gasteiger charge is 2.31. The number of sulfonamides is 1. The van der Waals surface area contributed by atoms with E-state index in [1.165, 1.54) is 9.87 Å². The Morgan fingerprint density at radius 3 is 2.32 bits per heavy atom. The van der Waals surface area contributed by atoms with Crippen molar-refractivity contribution in [3.8, 4) is 0 Å². The number of amides is 1. The first-order valence-corrected chi connectivity index (χ1v) is 10.7. The number of nitrogen functional groups attached to an aromatic ring is 1. The van der Waals surface area contributed by atoms with Gasteiger partial charge in [-0.25, -0.2) is 8.42 Å². The SMILES string of the molecule is Cl.Nc1ccccc1C(=O)N1CCN(S(=O)(=O)c2ccc3c(c2)CCC3)CC1. The van der Waals surface area contributed by atoms with Crippen molar-refractivity contribution in [1.29, 1.82) is 0 Å². The Kier molecular flexibility index (Phi) is 5.98. The van der Waals surface area contributed by atoms with Crippen molar-refractivity contribution >= 4 is 34.0 Å². The van der Waals surface area contributed by atoms with Crippen molar-refractivity contribution in [3.63, 3.8) is 0 Å². The number of carbonyl (C=O) groups is 1. The highest BCUT2D eigenvalue weighted by molar-refractivity contribution is 7.89. The Labute approximate surface area is 171 Å². The summed E-state index contributed by atoms with van der Waals surface area (Å²) < 4.78 is 27.5. The summed E-state index contributed by atoms with van der Waals surface area (Å²) in [4.78, 5) is 14.7. The summed E-state index contributed by atoms with van der Waals surface area (Å²) in [6, 6.07) is 12.4. The van der Waals surface area contributed by atoms with E-state index >= 15 is 0 Å². The molecule has 6 nitrogen and oxygen atoms in total. The van der Waals surface area contributed by atoms with E-state index < -0.39 is 10.0 Å². The monoisotopic (exact) mass is 421 g/mol. The summed E-state index contributed by atoms with van der Waals surface area (Å²) in [5.74, 6) is -0.150. The van der Waals surface area contributed by atoms with Gasteiger partial charge in [0.15, 0.2) is 0 Å². The molecule has 1 amide bonds. The molecular formula is C20H24ClN3O3S. The second-order valence-corrected chi connectivity index (χ2v) is 9.01. The van der Waals surface area contributed by atoms with Gasteiger partial charge >= 0.3 is 0 Å². The summed E-state index contributed by atoms with van der Waals surface area (Å²) in [6.45, 7) is 1.30. The maximum atomic E-state index is 13.0. The van der Waals surface area contributed by atoms with Crippen LogP contribution in [0.2, 0.25) is 0 Å².